The Morgan fingerprint density at radius 1 is 0.889 bits per heavy atom. The summed E-state index contributed by atoms with van der Waals surface area (Å²) in [6.07, 6.45) is 15.0. The van der Waals surface area contributed by atoms with Crippen molar-refractivity contribution in [2.24, 2.45) is 0 Å². The van der Waals surface area contributed by atoms with Crippen molar-refractivity contribution in [2.45, 2.75) is 110 Å². The average molecular weight is 401 g/mol. The maximum absolute atomic E-state index is 11.1. The van der Waals surface area contributed by atoms with Crippen LogP contribution in [-0.2, 0) is 18.4 Å². The molecule has 4 nitrogen and oxygen atoms in total. The summed E-state index contributed by atoms with van der Waals surface area (Å²) in [5.74, 6) is -0.315. The minimum absolute atomic E-state index is 0.00544. The first-order valence-electron chi connectivity index (χ1n) is 11.1. The third kappa shape index (κ3) is 16.0. The Balaban J connectivity index is 3.42. The average Bonchev–Trinajstić information content (AvgIpc) is 2.62. The first-order chi connectivity index (χ1) is 13.0. The van der Waals surface area contributed by atoms with E-state index in [1.165, 1.54) is 63.9 Å². The van der Waals surface area contributed by atoms with Gasteiger partial charge in [0.25, 0.3) is 0 Å². The van der Waals surface area contributed by atoms with Gasteiger partial charge in [0, 0.05) is 19.3 Å². The van der Waals surface area contributed by atoms with Crippen molar-refractivity contribution in [2.75, 3.05) is 13.2 Å². The maximum atomic E-state index is 11.1. The van der Waals surface area contributed by atoms with Gasteiger partial charge in [-0.15, -0.1) is 0 Å². The van der Waals surface area contributed by atoms with Gasteiger partial charge in [-0.05, 0) is 46.2 Å². The van der Waals surface area contributed by atoms with Crippen molar-refractivity contribution in [3.8, 4) is 0 Å². The molecule has 0 amide bonds. The molecule has 0 aromatic carbocycles. The number of hydrogen-bond donors (Lipinski definition) is 0. The first-order valence-corrected chi connectivity index (χ1v) is 13.6. The van der Waals surface area contributed by atoms with Gasteiger partial charge in [0.15, 0.2) is 0 Å². The molecule has 0 saturated carbocycles. The van der Waals surface area contributed by atoms with E-state index in [0.29, 0.717) is 0 Å². The van der Waals surface area contributed by atoms with Crippen LogP contribution in [0.25, 0.3) is 0 Å². The van der Waals surface area contributed by atoms with Gasteiger partial charge in [-0.1, -0.05) is 64.4 Å². The molecule has 0 aromatic heterocycles. The number of carbonyl (C=O) groups excluding carboxylic acids is 1. The third-order valence-corrected chi connectivity index (χ3v) is 7.94. The van der Waals surface area contributed by atoms with E-state index in [9.17, 15) is 4.79 Å². The molecule has 0 saturated heterocycles. The Morgan fingerprint density at radius 2 is 1.33 bits per heavy atom. The molecule has 0 aromatic rings. The summed E-state index contributed by atoms with van der Waals surface area (Å²) < 4.78 is 16.9. The van der Waals surface area contributed by atoms with E-state index in [1.54, 1.807) is 0 Å². The number of ether oxygens (including phenoxy) is 1. The Labute approximate surface area is 169 Å². The Bertz CT molecular complexity index is 367. The molecule has 0 heterocycles. The van der Waals surface area contributed by atoms with E-state index < -0.39 is 8.56 Å². The maximum Gasteiger partial charge on any atom is 0.334 e. The molecule has 0 aliphatic heterocycles. The molecule has 0 spiro atoms. The van der Waals surface area contributed by atoms with Gasteiger partial charge in [0.2, 0.25) is 0 Å². The van der Waals surface area contributed by atoms with Crippen LogP contribution in [0.3, 0.4) is 0 Å². The second kappa shape index (κ2) is 17.4. The normalized spacial score (nSPS) is 12.7. The molecule has 0 N–H and O–H groups in total. The topological polar surface area (TPSA) is 44.8 Å². The van der Waals surface area contributed by atoms with Gasteiger partial charge < -0.3 is 13.6 Å². The molecular weight excluding hydrogens is 356 g/mol. The van der Waals surface area contributed by atoms with Crippen LogP contribution in [-0.4, -0.2) is 33.8 Å². The molecule has 0 bridgehead atoms. The minimum Gasteiger partial charge on any atom is -0.460 e. The molecule has 27 heavy (non-hydrogen) atoms. The lowest BCUT2D eigenvalue weighted by atomic mass is 10.0. The summed E-state index contributed by atoms with van der Waals surface area (Å²) in [6.45, 7) is 13.2. The summed E-state index contributed by atoms with van der Waals surface area (Å²) in [7, 11) is -1.90. The highest BCUT2D eigenvalue weighted by molar-refractivity contribution is 6.66. The molecular formula is C22H44O4Si. The van der Waals surface area contributed by atoms with Crippen LogP contribution in [0.5, 0.6) is 0 Å². The monoisotopic (exact) mass is 400 g/mol. The van der Waals surface area contributed by atoms with Crippen LogP contribution in [0.4, 0.5) is 0 Å². The molecule has 1 atom stereocenters. The van der Waals surface area contributed by atoms with Crippen molar-refractivity contribution in [3.05, 3.63) is 12.7 Å². The number of carbonyl (C=O) groups is 1. The van der Waals surface area contributed by atoms with Crippen molar-refractivity contribution in [1.29, 1.82) is 0 Å². The van der Waals surface area contributed by atoms with Gasteiger partial charge in [-0.3, -0.25) is 0 Å². The molecule has 0 rings (SSSR count). The summed E-state index contributed by atoms with van der Waals surface area (Å²) in [4.78, 5) is 11.1. The Morgan fingerprint density at radius 3 is 1.78 bits per heavy atom. The second-order valence-electron chi connectivity index (χ2n) is 7.53. The molecule has 0 fully saturated rings. The minimum atomic E-state index is -1.90. The highest BCUT2D eigenvalue weighted by Crippen LogP contribution is 2.19. The van der Waals surface area contributed by atoms with Gasteiger partial charge in [-0.25, -0.2) is 4.79 Å². The molecule has 160 valence electrons. The van der Waals surface area contributed by atoms with Crippen molar-refractivity contribution in [3.63, 3.8) is 0 Å². The van der Waals surface area contributed by atoms with Gasteiger partial charge in [-0.2, -0.15) is 0 Å². The van der Waals surface area contributed by atoms with Crippen molar-refractivity contribution in [1.82, 2.24) is 0 Å². The van der Waals surface area contributed by atoms with Gasteiger partial charge in [0.1, 0.15) is 0 Å². The van der Waals surface area contributed by atoms with E-state index in [-0.39, 0.29) is 12.1 Å². The zero-order chi connectivity index (χ0) is 20.4. The van der Waals surface area contributed by atoms with E-state index in [0.717, 1.165) is 32.1 Å². The standard InChI is InChI=1S/C22H44O4Si/c1-6-22(23)26-21(4)19-17-15-13-11-9-10-12-14-16-18-20-27(5,24-7-2)25-8-3/h6,21H,1,7-20H2,2-5H3. The number of hydrogen-bond acceptors (Lipinski definition) is 4. The van der Waals surface area contributed by atoms with E-state index in [1.807, 2.05) is 6.92 Å². The molecule has 5 heteroatoms. The fourth-order valence-electron chi connectivity index (χ4n) is 3.39. The van der Waals surface area contributed by atoms with Gasteiger partial charge in [0.05, 0.1) is 6.10 Å². The molecule has 1 unspecified atom stereocenters. The second-order valence-corrected chi connectivity index (χ2v) is 10.9. The van der Waals surface area contributed by atoms with E-state index >= 15 is 0 Å². The zero-order valence-electron chi connectivity index (χ0n) is 18.4. The zero-order valence-corrected chi connectivity index (χ0v) is 19.4. The largest absolute Gasteiger partial charge is 0.460 e. The summed E-state index contributed by atoms with van der Waals surface area (Å²) in [5.41, 5.74) is 0. The van der Waals surface area contributed by atoms with E-state index in [2.05, 4.69) is 27.0 Å². The fourth-order valence-corrected chi connectivity index (χ4v) is 5.88. The first kappa shape index (κ1) is 26.3. The summed E-state index contributed by atoms with van der Waals surface area (Å²) >= 11 is 0. The smallest absolute Gasteiger partial charge is 0.334 e. The Hall–Kier alpha value is -0.653. The van der Waals surface area contributed by atoms with Crippen LogP contribution in [0.1, 0.15) is 91.4 Å². The summed E-state index contributed by atoms with van der Waals surface area (Å²) in [6, 6.07) is 1.12. The lowest BCUT2D eigenvalue weighted by Gasteiger charge is -2.25. The quantitative estimate of drug-likeness (QED) is 0.107. The highest BCUT2D eigenvalue weighted by Gasteiger charge is 2.29. The lowest BCUT2D eigenvalue weighted by molar-refractivity contribution is -0.142. The molecule has 0 aliphatic rings. The number of esters is 1. The predicted molar refractivity (Wildman–Crippen MR) is 116 cm³/mol. The van der Waals surface area contributed by atoms with Crippen LogP contribution < -0.4 is 0 Å². The van der Waals surface area contributed by atoms with Gasteiger partial charge >= 0.3 is 14.5 Å². The Kier molecular flexibility index (Phi) is 17.0. The summed E-state index contributed by atoms with van der Waals surface area (Å²) in [5, 5.41) is 0. The fraction of sp³-hybridized carbons (Fsp3) is 0.864. The van der Waals surface area contributed by atoms with Crippen molar-refractivity contribution >= 4 is 14.5 Å². The highest BCUT2D eigenvalue weighted by atomic mass is 28.4. The van der Waals surface area contributed by atoms with Crippen LogP contribution in [0.2, 0.25) is 12.6 Å². The predicted octanol–water partition coefficient (Wildman–Crippen LogP) is 6.54. The number of unbranched alkanes of at least 4 members (excludes halogenated alkanes) is 9. The number of rotatable bonds is 19. The molecule has 0 aliphatic carbocycles. The van der Waals surface area contributed by atoms with Crippen molar-refractivity contribution < 1.29 is 18.4 Å². The molecule has 0 radical (unpaired) electrons. The third-order valence-electron chi connectivity index (χ3n) is 4.87. The van der Waals surface area contributed by atoms with E-state index in [4.69, 9.17) is 13.6 Å². The lowest BCUT2D eigenvalue weighted by Crippen LogP contribution is -2.38. The van der Waals surface area contributed by atoms with Crippen LogP contribution in [0.15, 0.2) is 12.7 Å². The van der Waals surface area contributed by atoms with Crippen LogP contribution >= 0.6 is 0 Å². The SMILES string of the molecule is C=CC(=O)OC(C)CCCCCCCCCCCC[Si](C)(OCC)OCC. The van der Waals surface area contributed by atoms with Crippen LogP contribution in [0, 0.1) is 0 Å².